The molecule has 6 rings (SSSR count). The number of fused-ring (bicyclic) bond motifs is 2. The molecule has 4 aromatic heterocycles. The number of carbonyl (C=O) groups is 1. The number of primary amides is 1. The smallest absolute Gasteiger partial charge is 0.254 e. The second-order valence-electron chi connectivity index (χ2n) is 8.16. The molecule has 2 fully saturated rings. The zero-order valence-corrected chi connectivity index (χ0v) is 18.0. The molecule has 1 aliphatic heterocycles. The Morgan fingerprint density at radius 3 is 2.64 bits per heavy atom. The minimum atomic E-state index is -2.28. The van der Waals surface area contributed by atoms with E-state index in [0.29, 0.717) is 36.8 Å². The number of aromatic nitrogens is 5. The summed E-state index contributed by atoms with van der Waals surface area (Å²) in [7, 11) is 1.79. The van der Waals surface area contributed by atoms with Crippen LogP contribution in [0.4, 0.5) is 14.6 Å². The van der Waals surface area contributed by atoms with E-state index >= 15 is 0 Å². The van der Waals surface area contributed by atoms with Gasteiger partial charge in [-0.1, -0.05) is 0 Å². The third-order valence-corrected chi connectivity index (χ3v) is 5.96. The maximum Gasteiger partial charge on any atom is 0.254 e. The molecule has 33 heavy (non-hydrogen) atoms. The lowest BCUT2D eigenvalue weighted by atomic mass is 9.95. The summed E-state index contributed by atoms with van der Waals surface area (Å²) in [6.07, 6.45) is 6.21. The number of ether oxygens (including phenoxy) is 1. The normalized spacial score (nSPS) is 17.2. The lowest BCUT2D eigenvalue weighted by Gasteiger charge is -2.27. The third-order valence-electron chi connectivity index (χ3n) is 5.96. The van der Waals surface area contributed by atoms with E-state index in [4.69, 9.17) is 10.5 Å². The van der Waals surface area contributed by atoms with E-state index in [0.717, 1.165) is 16.6 Å². The highest BCUT2D eigenvalue weighted by atomic mass is 19.3. The topological polar surface area (TPSA) is 112 Å². The molecule has 1 saturated carbocycles. The molecule has 0 aromatic carbocycles. The van der Waals surface area contributed by atoms with Crippen LogP contribution in [0.2, 0.25) is 0 Å². The first-order valence-electron chi connectivity index (χ1n) is 10.7. The molecule has 0 radical (unpaired) electrons. The van der Waals surface area contributed by atoms with Gasteiger partial charge in [-0.05, 0) is 18.6 Å². The van der Waals surface area contributed by atoms with Crippen LogP contribution in [0.1, 0.15) is 35.7 Å². The monoisotopic (exact) mass is 455 g/mol. The van der Waals surface area contributed by atoms with Crippen LogP contribution in [-0.2, 0) is 4.74 Å². The minimum Gasteiger partial charge on any atom is -0.377 e. The van der Waals surface area contributed by atoms with Crippen LogP contribution in [0.5, 0.6) is 0 Å². The zero-order chi connectivity index (χ0) is 23.2. The number of hydrogen-bond donors (Lipinski definition) is 2. The SMILES string of the molecule is CNc1cc(-c2cn(C3COC3)c3ncccc23)nc2c(C(N)=O)cnn12.FC1(F)CCC1. The quantitative estimate of drug-likeness (QED) is 0.489. The summed E-state index contributed by atoms with van der Waals surface area (Å²) in [5.74, 6) is -2.13. The van der Waals surface area contributed by atoms with Crippen LogP contribution in [-0.4, -0.2) is 56.2 Å². The van der Waals surface area contributed by atoms with E-state index in [1.807, 2.05) is 24.4 Å². The Morgan fingerprint density at radius 2 is 2.06 bits per heavy atom. The van der Waals surface area contributed by atoms with E-state index in [1.54, 1.807) is 17.8 Å². The maximum atomic E-state index is 11.8. The zero-order valence-electron chi connectivity index (χ0n) is 18.0. The summed E-state index contributed by atoms with van der Waals surface area (Å²) >= 11 is 0. The highest BCUT2D eigenvalue weighted by Crippen LogP contribution is 2.36. The molecule has 2 aliphatic rings. The number of hydrogen-bond acceptors (Lipinski definition) is 6. The lowest BCUT2D eigenvalue weighted by Crippen LogP contribution is -2.30. The van der Waals surface area contributed by atoms with Crippen molar-refractivity contribution in [1.29, 1.82) is 0 Å². The summed E-state index contributed by atoms with van der Waals surface area (Å²) in [4.78, 5) is 21.0. The summed E-state index contributed by atoms with van der Waals surface area (Å²) in [5.41, 5.74) is 8.71. The first kappa shape index (κ1) is 21.3. The van der Waals surface area contributed by atoms with Crippen molar-refractivity contribution in [2.24, 2.45) is 5.73 Å². The summed E-state index contributed by atoms with van der Waals surface area (Å²) in [6.45, 7) is 1.34. The Kier molecular flexibility index (Phi) is 5.20. The van der Waals surface area contributed by atoms with Gasteiger partial charge in [0.1, 0.15) is 17.0 Å². The van der Waals surface area contributed by atoms with Crippen LogP contribution in [0.25, 0.3) is 27.9 Å². The Balaban J connectivity index is 0.000000332. The molecule has 0 unspecified atom stereocenters. The van der Waals surface area contributed by atoms with Crippen molar-refractivity contribution >= 4 is 28.4 Å². The molecule has 9 nitrogen and oxygen atoms in total. The van der Waals surface area contributed by atoms with Gasteiger partial charge in [0.2, 0.25) is 5.92 Å². The average Bonchev–Trinajstić information content (AvgIpc) is 3.34. The fraction of sp³-hybridized carbons (Fsp3) is 0.364. The number of nitrogens with one attached hydrogen (secondary N) is 1. The van der Waals surface area contributed by atoms with Crippen molar-refractivity contribution in [3.63, 3.8) is 0 Å². The molecule has 3 N–H and O–H groups in total. The van der Waals surface area contributed by atoms with Gasteiger partial charge < -0.3 is 20.4 Å². The van der Waals surface area contributed by atoms with Crippen molar-refractivity contribution in [2.45, 2.75) is 31.2 Å². The van der Waals surface area contributed by atoms with Gasteiger partial charge in [0, 0.05) is 49.3 Å². The Labute approximate surface area is 187 Å². The van der Waals surface area contributed by atoms with Gasteiger partial charge in [-0.25, -0.2) is 18.7 Å². The third kappa shape index (κ3) is 3.78. The predicted octanol–water partition coefficient (Wildman–Crippen LogP) is 3.26. The number of anilines is 1. The standard InChI is InChI=1S/C18H17N7O2.C4H6F2/c1-20-15-5-14(23-18-12(16(19)26)6-22-25(15)18)13-7-24(10-8-27-9-10)17-11(13)3-2-4-21-17;5-4(6)2-1-3-4/h2-7,10,20H,8-9H2,1H3,(H2,19,26);1-3H2. The van der Waals surface area contributed by atoms with Crippen LogP contribution in [0, 0.1) is 0 Å². The molecule has 4 aromatic rings. The average molecular weight is 455 g/mol. The van der Waals surface area contributed by atoms with Gasteiger partial charge in [0.15, 0.2) is 5.65 Å². The number of pyridine rings is 1. The number of carbonyl (C=O) groups excluding carboxylic acids is 1. The molecule has 11 heteroatoms. The first-order chi connectivity index (χ1) is 15.9. The van der Waals surface area contributed by atoms with E-state index in [1.165, 1.54) is 6.20 Å². The van der Waals surface area contributed by atoms with Gasteiger partial charge >= 0.3 is 0 Å². The van der Waals surface area contributed by atoms with Gasteiger partial charge in [-0.3, -0.25) is 4.79 Å². The van der Waals surface area contributed by atoms with Gasteiger partial charge in [0.25, 0.3) is 5.91 Å². The number of alkyl halides is 2. The Morgan fingerprint density at radius 1 is 1.30 bits per heavy atom. The Bertz CT molecular complexity index is 1340. The highest BCUT2D eigenvalue weighted by molar-refractivity contribution is 6.00. The van der Waals surface area contributed by atoms with Gasteiger partial charge in [-0.15, -0.1) is 0 Å². The second-order valence-corrected chi connectivity index (χ2v) is 8.16. The lowest BCUT2D eigenvalue weighted by molar-refractivity contribution is -0.0717. The molecule has 0 atom stereocenters. The molecule has 172 valence electrons. The molecular formula is C22H23F2N7O2. The fourth-order valence-corrected chi connectivity index (χ4v) is 3.85. The predicted molar refractivity (Wildman–Crippen MR) is 118 cm³/mol. The second kappa shape index (κ2) is 8.07. The number of halogens is 2. The van der Waals surface area contributed by atoms with Gasteiger partial charge in [-0.2, -0.15) is 9.61 Å². The summed E-state index contributed by atoms with van der Waals surface area (Å²) < 4.78 is 32.1. The fourth-order valence-electron chi connectivity index (χ4n) is 3.85. The van der Waals surface area contributed by atoms with Crippen LogP contribution in [0.15, 0.2) is 36.8 Å². The van der Waals surface area contributed by atoms with Gasteiger partial charge in [0.05, 0.1) is 31.1 Å². The van der Waals surface area contributed by atoms with E-state index in [9.17, 15) is 13.6 Å². The van der Waals surface area contributed by atoms with Crippen LogP contribution < -0.4 is 11.1 Å². The number of nitrogens with zero attached hydrogens (tertiary/aromatic N) is 5. The number of nitrogens with two attached hydrogens (primary N) is 1. The van der Waals surface area contributed by atoms with E-state index < -0.39 is 11.8 Å². The number of amides is 1. The van der Waals surface area contributed by atoms with Crippen molar-refractivity contribution in [3.05, 3.63) is 42.4 Å². The molecule has 5 heterocycles. The van der Waals surface area contributed by atoms with Crippen molar-refractivity contribution < 1.29 is 18.3 Å². The maximum absolute atomic E-state index is 11.8. The minimum absolute atomic E-state index is 0.118. The van der Waals surface area contributed by atoms with E-state index in [-0.39, 0.29) is 24.4 Å². The van der Waals surface area contributed by atoms with Crippen molar-refractivity contribution in [2.75, 3.05) is 25.6 Å². The molecule has 0 spiro atoms. The molecular weight excluding hydrogens is 432 g/mol. The highest BCUT2D eigenvalue weighted by Gasteiger charge is 2.36. The van der Waals surface area contributed by atoms with E-state index in [2.05, 4.69) is 25.0 Å². The molecule has 0 bridgehead atoms. The molecule has 1 saturated heterocycles. The van der Waals surface area contributed by atoms with Crippen molar-refractivity contribution in [1.82, 2.24) is 24.1 Å². The molecule has 1 aliphatic carbocycles. The number of rotatable bonds is 4. The van der Waals surface area contributed by atoms with Crippen LogP contribution in [0.3, 0.4) is 0 Å². The summed E-state index contributed by atoms with van der Waals surface area (Å²) in [6, 6.07) is 6.08. The Hall–Kier alpha value is -3.60. The largest absolute Gasteiger partial charge is 0.377 e. The van der Waals surface area contributed by atoms with Crippen LogP contribution >= 0.6 is 0 Å². The summed E-state index contributed by atoms with van der Waals surface area (Å²) in [5, 5.41) is 8.31. The van der Waals surface area contributed by atoms with Crippen molar-refractivity contribution in [3.8, 4) is 11.3 Å². The molecule has 1 amide bonds. The first-order valence-corrected chi connectivity index (χ1v) is 10.7.